The van der Waals surface area contributed by atoms with Crippen molar-refractivity contribution in [2.24, 2.45) is 0 Å². The second-order valence-corrected chi connectivity index (χ2v) is 8.51. The molecule has 0 saturated heterocycles. The minimum absolute atomic E-state index is 0.259. The summed E-state index contributed by atoms with van der Waals surface area (Å²) in [4.78, 5) is 28.6. The Morgan fingerprint density at radius 3 is 1.90 bits per heavy atom. The molecule has 3 rings (SSSR count). The van der Waals surface area contributed by atoms with Crippen molar-refractivity contribution in [3.05, 3.63) is 101 Å². The molecule has 0 aliphatic rings. The van der Waals surface area contributed by atoms with E-state index in [2.05, 4.69) is 5.32 Å². The third kappa shape index (κ3) is 5.28. The second kappa shape index (κ2) is 9.14. The topological polar surface area (TPSA) is 49.4 Å². The van der Waals surface area contributed by atoms with Gasteiger partial charge in [0.2, 0.25) is 5.91 Å². The molecule has 0 bridgehead atoms. The van der Waals surface area contributed by atoms with Crippen molar-refractivity contribution in [3.8, 4) is 0 Å². The van der Waals surface area contributed by atoms with Gasteiger partial charge in [-0.3, -0.25) is 14.5 Å². The van der Waals surface area contributed by atoms with Crippen LogP contribution < -0.4 is 10.2 Å². The van der Waals surface area contributed by atoms with Gasteiger partial charge in [-0.2, -0.15) is 0 Å². The van der Waals surface area contributed by atoms with E-state index >= 15 is 0 Å². The van der Waals surface area contributed by atoms with Crippen molar-refractivity contribution in [3.63, 3.8) is 0 Å². The van der Waals surface area contributed by atoms with Crippen LogP contribution in [-0.2, 0) is 4.79 Å². The van der Waals surface area contributed by atoms with Crippen molar-refractivity contribution in [2.75, 3.05) is 4.90 Å². The lowest BCUT2D eigenvalue weighted by atomic mass is 10.00. The summed E-state index contributed by atoms with van der Waals surface area (Å²) in [6, 6.07) is 24.3. The minimum Gasteiger partial charge on any atom is -0.349 e. The Hall–Kier alpha value is -3.11. The smallest absolute Gasteiger partial charge is 0.259 e. The second-order valence-electron chi connectivity index (χ2n) is 8.07. The van der Waals surface area contributed by atoms with Crippen LogP contribution in [-0.4, -0.2) is 17.4 Å². The molecule has 0 saturated carbocycles. The Morgan fingerprint density at radius 2 is 1.37 bits per heavy atom. The summed E-state index contributed by atoms with van der Waals surface area (Å²) >= 11 is 6.08. The molecule has 1 unspecified atom stereocenters. The Morgan fingerprint density at radius 1 is 0.833 bits per heavy atom. The van der Waals surface area contributed by atoms with Gasteiger partial charge in [0.1, 0.15) is 6.04 Å². The molecule has 2 amide bonds. The number of hydrogen-bond acceptors (Lipinski definition) is 2. The molecule has 0 spiro atoms. The summed E-state index contributed by atoms with van der Waals surface area (Å²) in [7, 11) is 0. The van der Waals surface area contributed by atoms with E-state index in [1.54, 1.807) is 41.3 Å². The highest BCUT2D eigenvalue weighted by molar-refractivity contribution is 6.30. The van der Waals surface area contributed by atoms with Crippen LogP contribution in [0.2, 0.25) is 5.02 Å². The number of benzene rings is 3. The minimum atomic E-state index is -0.864. The van der Waals surface area contributed by atoms with Crippen LogP contribution in [0.5, 0.6) is 0 Å². The van der Waals surface area contributed by atoms with Crippen LogP contribution in [0.4, 0.5) is 5.69 Å². The number of amides is 2. The summed E-state index contributed by atoms with van der Waals surface area (Å²) in [6.07, 6.45) is 0. The van der Waals surface area contributed by atoms with Crippen LogP contribution in [0.15, 0.2) is 84.9 Å². The van der Waals surface area contributed by atoms with Gasteiger partial charge < -0.3 is 5.32 Å². The quantitative estimate of drug-likeness (QED) is 0.580. The Bertz CT molecular complexity index is 997. The van der Waals surface area contributed by atoms with Crippen molar-refractivity contribution in [1.82, 2.24) is 5.32 Å². The van der Waals surface area contributed by atoms with E-state index in [1.807, 2.05) is 69.3 Å². The summed E-state index contributed by atoms with van der Waals surface area (Å²) in [5, 5.41) is 3.59. The van der Waals surface area contributed by atoms with Crippen LogP contribution in [0.3, 0.4) is 0 Å². The number of nitrogens with one attached hydrogen (secondary N) is 1. The van der Waals surface area contributed by atoms with Gasteiger partial charge in [-0.15, -0.1) is 0 Å². The lowest BCUT2D eigenvalue weighted by molar-refractivity contribution is -0.123. The molecule has 0 aliphatic carbocycles. The van der Waals surface area contributed by atoms with Gasteiger partial charge >= 0.3 is 0 Å². The molecular formula is C25H25ClN2O2. The third-order valence-corrected chi connectivity index (χ3v) is 4.72. The monoisotopic (exact) mass is 420 g/mol. The number of halogens is 1. The molecule has 0 aromatic heterocycles. The molecule has 0 fully saturated rings. The number of anilines is 1. The molecule has 0 aliphatic heterocycles. The maximum atomic E-state index is 13.6. The van der Waals surface area contributed by atoms with Crippen LogP contribution in [0.1, 0.15) is 42.7 Å². The van der Waals surface area contributed by atoms with Gasteiger partial charge in [-0.05, 0) is 62.7 Å². The van der Waals surface area contributed by atoms with Gasteiger partial charge in [-0.25, -0.2) is 0 Å². The first-order chi connectivity index (χ1) is 14.3. The number of para-hydroxylation sites is 1. The zero-order valence-electron chi connectivity index (χ0n) is 17.3. The molecule has 3 aromatic carbocycles. The average molecular weight is 421 g/mol. The highest BCUT2D eigenvalue weighted by Crippen LogP contribution is 2.31. The van der Waals surface area contributed by atoms with Crippen molar-refractivity contribution >= 4 is 29.1 Å². The summed E-state index contributed by atoms with van der Waals surface area (Å²) in [6.45, 7) is 5.74. The Labute approximate surface area is 182 Å². The van der Waals surface area contributed by atoms with Crippen LogP contribution in [0, 0.1) is 0 Å². The molecule has 154 valence electrons. The average Bonchev–Trinajstić information content (AvgIpc) is 2.72. The van der Waals surface area contributed by atoms with E-state index < -0.39 is 11.6 Å². The lowest BCUT2D eigenvalue weighted by Crippen LogP contribution is -2.49. The molecule has 1 atom stereocenters. The fourth-order valence-electron chi connectivity index (χ4n) is 3.19. The van der Waals surface area contributed by atoms with Crippen molar-refractivity contribution in [2.45, 2.75) is 32.4 Å². The van der Waals surface area contributed by atoms with Gasteiger partial charge in [0, 0.05) is 21.8 Å². The maximum absolute atomic E-state index is 13.6. The standard InChI is InChI=1S/C25H25ClN2O2/c1-25(2,3)27-23(29)22(18-14-16-20(26)17-15-18)28(21-12-8-5-9-13-21)24(30)19-10-6-4-7-11-19/h4-17,22H,1-3H3,(H,27,29). The van der Waals surface area contributed by atoms with Gasteiger partial charge in [0.15, 0.2) is 0 Å². The number of carbonyl (C=O) groups is 2. The molecular weight excluding hydrogens is 396 g/mol. The van der Waals surface area contributed by atoms with Gasteiger partial charge in [0.05, 0.1) is 0 Å². The van der Waals surface area contributed by atoms with Gasteiger partial charge in [-0.1, -0.05) is 60.1 Å². The fourth-order valence-corrected chi connectivity index (χ4v) is 3.32. The molecule has 3 aromatic rings. The molecule has 0 heterocycles. The van der Waals surface area contributed by atoms with Crippen LogP contribution >= 0.6 is 11.6 Å². The molecule has 0 radical (unpaired) electrons. The highest BCUT2D eigenvalue weighted by Gasteiger charge is 2.34. The first kappa shape index (κ1) is 21.6. The van der Waals surface area contributed by atoms with E-state index in [9.17, 15) is 9.59 Å². The number of hydrogen-bond donors (Lipinski definition) is 1. The zero-order valence-corrected chi connectivity index (χ0v) is 18.1. The number of nitrogens with zero attached hydrogens (tertiary/aromatic N) is 1. The normalized spacial score (nSPS) is 12.1. The maximum Gasteiger partial charge on any atom is 0.259 e. The summed E-state index contributed by atoms with van der Waals surface area (Å²) in [5.74, 6) is -0.524. The SMILES string of the molecule is CC(C)(C)NC(=O)C(c1ccc(Cl)cc1)N(C(=O)c1ccccc1)c1ccccc1. The number of carbonyl (C=O) groups excluding carboxylic acids is 2. The summed E-state index contributed by atoms with van der Waals surface area (Å²) < 4.78 is 0. The fraction of sp³-hybridized carbons (Fsp3) is 0.200. The predicted octanol–water partition coefficient (Wildman–Crippen LogP) is 5.64. The van der Waals surface area contributed by atoms with E-state index in [1.165, 1.54) is 0 Å². The molecule has 30 heavy (non-hydrogen) atoms. The molecule has 1 N–H and O–H groups in total. The van der Waals surface area contributed by atoms with Crippen LogP contribution in [0.25, 0.3) is 0 Å². The van der Waals surface area contributed by atoms with Gasteiger partial charge in [0.25, 0.3) is 5.91 Å². The van der Waals surface area contributed by atoms with Crippen molar-refractivity contribution in [1.29, 1.82) is 0 Å². The van der Waals surface area contributed by atoms with E-state index in [-0.39, 0.29) is 11.8 Å². The third-order valence-electron chi connectivity index (χ3n) is 4.46. The first-order valence-corrected chi connectivity index (χ1v) is 10.2. The Balaban J connectivity index is 2.16. The number of rotatable bonds is 5. The highest BCUT2D eigenvalue weighted by atomic mass is 35.5. The Kier molecular flexibility index (Phi) is 6.58. The van der Waals surface area contributed by atoms with E-state index in [0.29, 0.717) is 21.8 Å². The van der Waals surface area contributed by atoms with E-state index in [0.717, 1.165) is 0 Å². The predicted molar refractivity (Wildman–Crippen MR) is 122 cm³/mol. The molecule has 5 heteroatoms. The molecule has 4 nitrogen and oxygen atoms in total. The first-order valence-electron chi connectivity index (χ1n) is 9.77. The zero-order chi connectivity index (χ0) is 21.7. The summed E-state index contributed by atoms with van der Waals surface area (Å²) in [5.41, 5.74) is 1.36. The van der Waals surface area contributed by atoms with Crippen molar-refractivity contribution < 1.29 is 9.59 Å². The largest absolute Gasteiger partial charge is 0.349 e. The lowest BCUT2D eigenvalue weighted by Gasteiger charge is -2.34. The van der Waals surface area contributed by atoms with E-state index in [4.69, 9.17) is 11.6 Å².